The molecule has 9 heteroatoms. The Morgan fingerprint density at radius 1 is 1.19 bits per heavy atom. The number of halogens is 1. The fraction of sp³-hybridized carbons (Fsp3) is 0.278. The van der Waals surface area contributed by atoms with Crippen LogP contribution in [0.2, 0.25) is 0 Å². The molecule has 5 rings (SSSR count). The number of aromatic nitrogens is 6. The molecular weight excluding hydrogens is 366 g/mol. The quantitative estimate of drug-likeness (QED) is 0.579. The minimum Gasteiger partial charge on any atom is -0.332 e. The second kappa shape index (κ2) is 6.40. The van der Waals surface area contributed by atoms with Crippen LogP contribution in [0.15, 0.2) is 41.1 Å². The van der Waals surface area contributed by atoms with Crippen molar-refractivity contribution in [2.75, 3.05) is 0 Å². The summed E-state index contributed by atoms with van der Waals surface area (Å²) in [5.74, 6) is 0.890. The standard InChI is InChI=1S/C18H17N7O.ClH/c1-11-15(16-21-17(23-26-16)18(19)8-4-9-18)22-24-25(11)14-7-2-6-13-12(14)5-3-10-20-13;/h2-3,5-7,10H,4,8-9,19H2,1H3;1H. The number of fused-ring (bicyclic) bond motifs is 1. The molecule has 0 atom stereocenters. The number of pyridine rings is 1. The molecule has 0 bridgehead atoms. The number of rotatable bonds is 3. The Morgan fingerprint density at radius 3 is 2.81 bits per heavy atom. The van der Waals surface area contributed by atoms with Crippen molar-refractivity contribution in [1.29, 1.82) is 0 Å². The van der Waals surface area contributed by atoms with Crippen LogP contribution in [0.25, 0.3) is 28.2 Å². The van der Waals surface area contributed by atoms with Gasteiger partial charge in [-0.2, -0.15) is 4.98 Å². The van der Waals surface area contributed by atoms with Crippen LogP contribution in [0.4, 0.5) is 0 Å². The number of hydrogen-bond acceptors (Lipinski definition) is 7. The van der Waals surface area contributed by atoms with Gasteiger partial charge in [0, 0.05) is 11.6 Å². The summed E-state index contributed by atoms with van der Waals surface area (Å²) in [6.45, 7) is 1.93. The Bertz CT molecular complexity index is 1110. The topological polar surface area (TPSA) is 109 Å². The van der Waals surface area contributed by atoms with E-state index < -0.39 is 5.54 Å². The second-order valence-electron chi connectivity index (χ2n) is 6.72. The van der Waals surface area contributed by atoms with Crippen molar-refractivity contribution < 1.29 is 4.52 Å². The molecule has 0 radical (unpaired) electrons. The monoisotopic (exact) mass is 383 g/mol. The van der Waals surface area contributed by atoms with E-state index in [2.05, 4.69) is 25.4 Å². The van der Waals surface area contributed by atoms with E-state index in [0.29, 0.717) is 17.4 Å². The number of nitrogens with zero attached hydrogens (tertiary/aromatic N) is 6. The highest BCUT2D eigenvalue weighted by Crippen LogP contribution is 2.37. The van der Waals surface area contributed by atoms with Gasteiger partial charge < -0.3 is 10.3 Å². The molecule has 4 aromatic rings. The van der Waals surface area contributed by atoms with E-state index in [-0.39, 0.29) is 12.4 Å². The van der Waals surface area contributed by atoms with Gasteiger partial charge in [0.2, 0.25) is 0 Å². The van der Waals surface area contributed by atoms with E-state index in [1.54, 1.807) is 10.9 Å². The van der Waals surface area contributed by atoms with E-state index in [4.69, 9.17) is 10.3 Å². The van der Waals surface area contributed by atoms with Gasteiger partial charge in [-0.15, -0.1) is 17.5 Å². The molecule has 1 saturated carbocycles. The summed E-state index contributed by atoms with van der Waals surface area (Å²) in [6, 6.07) is 9.82. The number of hydrogen-bond donors (Lipinski definition) is 1. The van der Waals surface area contributed by atoms with Gasteiger partial charge >= 0.3 is 0 Å². The minimum atomic E-state index is -0.465. The molecule has 1 aliphatic carbocycles. The molecule has 3 aromatic heterocycles. The third-order valence-corrected chi connectivity index (χ3v) is 5.07. The maximum absolute atomic E-state index is 6.28. The summed E-state index contributed by atoms with van der Waals surface area (Å²) in [4.78, 5) is 8.87. The molecule has 1 fully saturated rings. The summed E-state index contributed by atoms with van der Waals surface area (Å²) >= 11 is 0. The highest BCUT2D eigenvalue weighted by Gasteiger charge is 2.39. The Kier molecular flexibility index (Phi) is 4.16. The Balaban J connectivity index is 0.00000180. The summed E-state index contributed by atoms with van der Waals surface area (Å²) < 4.78 is 7.19. The summed E-state index contributed by atoms with van der Waals surface area (Å²) in [5, 5.41) is 13.6. The molecule has 0 amide bonds. The average molecular weight is 384 g/mol. The summed E-state index contributed by atoms with van der Waals surface area (Å²) in [7, 11) is 0. The number of nitrogens with two attached hydrogens (primary N) is 1. The van der Waals surface area contributed by atoms with Crippen molar-refractivity contribution in [3.63, 3.8) is 0 Å². The lowest BCUT2D eigenvalue weighted by molar-refractivity contribution is 0.229. The van der Waals surface area contributed by atoms with Crippen molar-refractivity contribution in [3.8, 4) is 17.3 Å². The fourth-order valence-electron chi connectivity index (χ4n) is 3.33. The molecule has 138 valence electrons. The van der Waals surface area contributed by atoms with Crippen molar-refractivity contribution in [1.82, 2.24) is 30.1 Å². The van der Waals surface area contributed by atoms with Gasteiger partial charge in [-0.25, -0.2) is 4.68 Å². The van der Waals surface area contributed by atoms with E-state index in [9.17, 15) is 0 Å². The van der Waals surface area contributed by atoms with Gasteiger partial charge in [0.05, 0.1) is 22.4 Å². The first kappa shape index (κ1) is 17.6. The van der Waals surface area contributed by atoms with Crippen LogP contribution in [-0.4, -0.2) is 30.1 Å². The molecule has 0 spiro atoms. The van der Waals surface area contributed by atoms with E-state index >= 15 is 0 Å². The first-order chi connectivity index (χ1) is 12.7. The largest absolute Gasteiger partial charge is 0.332 e. The number of benzene rings is 1. The maximum Gasteiger partial charge on any atom is 0.280 e. The Labute approximate surface area is 161 Å². The molecule has 1 aliphatic rings. The average Bonchev–Trinajstić information content (AvgIpc) is 3.26. The Morgan fingerprint density at radius 2 is 2.04 bits per heavy atom. The summed E-state index contributed by atoms with van der Waals surface area (Å²) in [5.41, 5.74) is 9.00. The van der Waals surface area contributed by atoms with Crippen LogP contribution >= 0.6 is 12.4 Å². The van der Waals surface area contributed by atoms with E-state index in [1.807, 2.05) is 37.3 Å². The van der Waals surface area contributed by atoms with Crippen LogP contribution in [0, 0.1) is 6.92 Å². The van der Waals surface area contributed by atoms with Gasteiger partial charge in [-0.05, 0) is 50.5 Å². The third kappa shape index (κ3) is 2.68. The van der Waals surface area contributed by atoms with Crippen molar-refractivity contribution in [2.24, 2.45) is 5.73 Å². The molecule has 0 aliphatic heterocycles. The lowest BCUT2D eigenvalue weighted by Gasteiger charge is -2.34. The van der Waals surface area contributed by atoms with Crippen LogP contribution < -0.4 is 5.73 Å². The van der Waals surface area contributed by atoms with Crippen LogP contribution in [0.1, 0.15) is 30.8 Å². The van der Waals surface area contributed by atoms with E-state index in [0.717, 1.165) is 41.5 Å². The highest BCUT2D eigenvalue weighted by atomic mass is 35.5. The fourth-order valence-corrected chi connectivity index (χ4v) is 3.33. The van der Waals surface area contributed by atoms with Crippen LogP contribution in [0.3, 0.4) is 0 Å². The molecular formula is C18H18ClN7O. The third-order valence-electron chi connectivity index (χ3n) is 5.07. The molecule has 3 heterocycles. The zero-order valence-corrected chi connectivity index (χ0v) is 15.5. The van der Waals surface area contributed by atoms with Crippen molar-refractivity contribution in [3.05, 3.63) is 48.0 Å². The SMILES string of the molecule is Cc1c(-c2nc(C3(N)CCC3)no2)nnn1-c1cccc2ncccc12.Cl. The van der Waals surface area contributed by atoms with Gasteiger partial charge in [0.1, 0.15) is 0 Å². The molecule has 2 N–H and O–H groups in total. The Hall–Kier alpha value is -2.84. The highest BCUT2D eigenvalue weighted by molar-refractivity contribution is 5.87. The molecule has 27 heavy (non-hydrogen) atoms. The zero-order valence-electron chi connectivity index (χ0n) is 14.7. The zero-order chi connectivity index (χ0) is 17.7. The second-order valence-corrected chi connectivity index (χ2v) is 6.72. The van der Waals surface area contributed by atoms with E-state index in [1.165, 1.54) is 0 Å². The molecule has 8 nitrogen and oxygen atoms in total. The maximum atomic E-state index is 6.28. The summed E-state index contributed by atoms with van der Waals surface area (Å²) in [6.07, 6.45) is 4.61. The normalized spacial score (nSPS) is 15.3. The predicted octanol–water partition coefficient (Wildman–Crippen LogP) is 2.93. The molecule has 1 aromatic carbocycles. The smallest absolute Gasteiger partial charge is 0.280 e. The van der Waals surface area contributed by atoms with Crippen molar-refractivity contribution in [2.45, 2.75) is 31.7 Å². The van der Waals surface area contributed by atoms with Gasteiger partial charge in [-0.1, -0.05) is 16.4 Å². The van der Waals surface area contributed by atoms with Crippen LogP contribution in [0.5, 0.6) is 0 Å². The van der Waals surface area contributed by atoms with Crippen LogP contribution in [-0.2, 0) is 5.54 Å². The van der Waals surface area contributed by atoms with Gasteiger partial charge in [-0.3, -0.25) is 4.98 Å². The van der Waals surface area contributed by atoms with Crippen molar-refractivity contribution >= 4 is 23.3 Å². The lowest BCUT2D eigenvalue weighted by Crippen LogP contribution is -2.44. The predicted molar refractivity (Wildman–Crippen MR) is 102 cm³/mol. The molecule has 0 unspecified atom stereocenters. The minimum absolute atomic E-state index is 0. The lowest BCUT2D eigenvalue weighted by atomic mass is 9.77. The van der Waals surface area contributed by atoms with Gasteiger partial charge in [0.15, 0.2) is 11.5 Å². The first-order valence-electron chi connectivity index (χ1n) is 8.56. The van der Waals surface area contributed by atoms with Gasteiger partial charge in [0.25, 0.3) is 5.89 Å². The molecule has 0 saturated heterocycles. The first-order valence-corrected chi connectivity index (χ1v) is 8.56.